The van der Waals surface area contributed by atoms with Gasteiger partial charge in [-0.25, -0.2) is 9.78 Å². The lowest BCUT2D eigenvalue weighted by Gasteiger charge is -1.95. The molecule has 8 heteroatoms. The summed E-state index contributed by atoms with van der Waals surface area (Å²) in [5.74, 6) is -1.73. The Hall–Kier alpha value is -2.22. The molecular weight excluding hydrogens is 246 g/mol. The number of carboxylic acids is 1. The maximum absolute atomic E-state index is 11.6. The van der Waals surface area contributed by atoms with Gasteiger partial charge in [0.15, 0.2) is 10.7 Å². The van der Waals surface area contributed by atoms with Crippen LogP contribution in [0.25, 0.3) is 0 Å². The molecule has 2 aromatic heterocycles. The summed E-state index contributed by atoms with van der Waals surface area (Å²) in [5, 5.41) is 12.4. The zero-order valence-electron chi connectivity index (χ0n) is 8.63. The van der Waals surface area contributed by atoms with E-state index in [2.05, 4.69) is 15.3 Å². The van der Waals surface area contributed by atoms with Crippen LogP contribution in [-0.4, -0.2) is 27.0 Å². The number of amides is 1. The first-order valence-electron chi connectivity index (χ1n) is 4.48. The van der Waals surface area contributed by atoms with Gasteiger partial charge in [-0.1, -0.05) is 0 Å². The van der Waals surface area contributed by atoms with Gasteiger partial charge < -0.3 is 9.52 Å². The molecule has 0 aliphatic rings. The first-order valence-corrected chi connectivity index (χ1v) is 5.36. The third-order valence-corrected chi connectivity index (χ3v) is 2.60. The van der Waals surface area contributed by atoms with E-state index in [1.165, 1.54) is 11.6 Å². The van der Waals surface area contributed by atoms with Crippen molar-refractivity contribution in [3.05, 3.63) is 28.0 Å². The second-order valence-corrected chi connectivity index (χ2v) is 3.95. The quantitative estimate of drug-likeness (QED) is 0.856. The van der Waals surface area contributed by atoms with Gasteiger partial charge in [-0.15, -0.1) is 11.3 Å². The molecule has 0 fully saturated rings. The zero-order chi connectivity index (χ0) is 12.4. The third kappa shape index (κ3) is 2.48. The number of anilines is 1. The van der Waals surface area contributed by atoms with Crippen LogP contribution in [-0.2, 0) is 0 Å². The van der Waals surface area contributed by atoms with Crippen molar-refractivity contribution in [3.63, 3.8) is 0 Å². The van der Waals surface area contributed by atoms with E-state index in [1.807, 2.05) is 0 Å². The number of hydrogen-bond acceptors (Lipinski definition) is 6. The van der Waals surface area contributed by atoms with Crippen LogP contribution in [0.5, 0.6) is 0 Å². The Kier molecular flexibility index (Phi) is 2.88. The van der Waals surface area contributed by atoms with Gasteiger partial charge in [-0.05, 0) is 6.92 Å². The van der Waals surface area contributed by atoms with Gasteiger partial charge in [0.25, 0.3) is 5.91 Å². The molecule has 0 spiro atoms. The summed E-state index contributed by atoms with van der Waals surface area (Å²) in [6.45, 7) is 1.71. The normalized spacial score (nSPS) is 10.2. The second-order valence-electron chi connectivity index (χ2n) is 3.09. The molecule has 2 N–H and O–H groups in total. The number of carbonyl (C=O) groups is 2. The fourth-order valence-corrected chi connectivity index (χ4v) is 1.72. The summed E-state index contributed by atoms with van der Waals surface area (Å²) in [6.07, 6.45) is 1.39. The summed E-state index contributed by atoms with van der Waals surface area (Å²) < 4.78 is 4.93. The van der Waals surface area contributed by atoms with Crippen molar-refractivity contribution in [2.75, 3.05) is 5.32 Å². The Balaban J connectivity index is 2.11. The zero-order valence-corrected chi connectivity index (χ0v) is 9.45. The topological polar surface area (TPSA) is 105 Å². The molecule has 0 saturated carbocycles. The molecule has 0 aliphatic heterocycles. The number of aromatic carboxylic acids is 1. The predicted molar refractivity (Wildman–Crippen MR) is 58.3 cm³/mol. The first-order chi connectivity index (χ1) is 8.06. The summed E-state index contributed by atoms with van der Waals surface area (Å²) in [6, 6.07) is 0.0552. The third-order valence-electron chi connectivity index (χ3n) is 1.76. The van der Waals surface area contributed by atoms with E-state index in [-0.39, 0.29) is 16.7 Å². The number of rotatable bonds is 3. The van der Waals surface area contributed by atoms with Gasteiger partial charge in [-0.2, -0.15) is 4.98 Å². The molecule has 0 aliphatic carbocycles. The maximum atomic E-state index is 11.6. The van der Waals surface area contributed by atoms with E-state index in [0.717, 1.165) is 11.3 Å². The van der Waals surface area contributed by atoms with Crippen LogP contribution in [0.2, 0.25) is 0 Å². The number of thiazole rings is 1. The number of aromatic nitrogens is 2. The van der Waals surface area contributed by atoms with E-state index >= 15 is 0 Å². The van der Waals surface area contributed by atoms with Gasteiger partial charge in [0.2, 0.25) is 0 Å². The van der Waals surface area contributed by atoms with Crippen molar-refractivity contribution >= 4 is 29.2 Å². The predicted octanol–water partition coefficient (Wildman–Crippen LogP) is 1.39. The summed E-state index contributed by atoms with van der Waals surface area (Å²) in [7, 11) is 0. The maximum Gasteiger partial charge on any atom is 0.355 e. The summed E-state index contributed by atoms with van der Waals surface area (Å²) in [4.78, 5) is 29.7. The molecule has 0 atom stereocenters. The Labute approximate surface area is 99.1 Å². The van der Waals surface area contributed by atoms with E-state index in [9.17, 15) is 9.59 Å². The molecule has 0 radical (unpaired) electrons. The van der Waals surface area contributed by atoms with Crippen molar-refractivity contribution in [1.82, 2.24) is 9.97 Å². The van der Waals surface area contributed by atoms with Gasteiger partial charge in [0, 0.05) is 5.38 Å². The highest BCUT2D eigenvalue weighted by Gasteiger charge is 2.16. The first kappa shape index (κ1) is 11.3. The summed E-state index contributed by atoms with van der Waals surface area (Å²) >= 11 is 0.939. The van der Waals surface area contributed by atoms with Crippen molar-refractivity contribution in [1.29, 1.82) is 0 Å². The minimum Gasteiger partial charge on any atom is -0.476 e. The van der Waals surface area contributed by atoms with Crippen LogP contribution in [0, 0.1) is 6.92 Å². The number of oxazole rings is 1. The van der Waals surface area contributed by atoms with Gasteiger partial charge >= 0.3 is 12.0 Å². The Bertz CT molecular complexity index is 574. The monoisotopic (exact) mass is 253 g/mol. The lowest BCUT2D eigenvalue weighted by atomic mass is 10.5. The van der Waals surface area contributed by atoms with E-state index < -0.39 is 11.9 Å². The average Bonchev–Trinajstić information content (AvgIpc) is 2.86. The van der Waals surface area contributed by atoms with Gasteiger partial charge in [-0.3, -0.25) is 10.1 Å². The molecule has 2 aromatic rings. The van der Waals surface area contributed by atoms with Crippen LogP contribution in [0.15, 0.2) is 16.1 Å². The van der Waals surface area contributed by atoms with Gasteiger partial charge in [0.1, 0.15) is 6.26 Å². The number of carboxylic acid groups (broad SMARTS) is 1. The highest BCUT2D eigenvalue weighted by atomic mass is 32.1. The fraction of sp³-hybridized carbons (Fsp3) is 0.111. The molecule has 17 heavy (non-hydrogen) atoms. The molecule has 0 bridgehead atoms. The minimum atomic E-state index is -1.17. The van der Waals surface area contributed by atoms with Gasteiger partial charge in [0.05, 0.1) is 5.69 Å². The Morgan fingerprint density at radius 2 is 2.24 bits per heavy atom. The fourth-order valence-electron chi connectivity index (χ4n) is 1.04. The molecule has 0 aromatic carbocycles. The Morgan fingerprint density at radius 1 is 1.47 bits per heavy atom. The number of hydrogen-bond donors (Lipinski definition) is 2. The molecule has 1 amide bonds. The largest absolute Gasteiger partial charge is 0.476 e. The number of nitrogens with one attached hydrogen (secondary N) is 1. The minimum absolute atomic E-state index is 0.0400. The van der Waals surface area contributed by atoms with Crippen LogP contribution in [0.4, 0.5) is 6.01 Å². The van der Waals surface area contributed by atoms with Crippen LogP contribution >= 0.6 is 11.3 Å². The molecule has 7 nitrogen and oxygen atoms in total. The van der Waals surface area contributed by atoms with Crippen molar-refractivity contribution in [3.8, 4) is 0 Å². The highest BCUT2D eigenvalue weighted by Crippen LogP contribution is 2.13. The highest BCUT2D eigenvalue weighted by molar-refractivity contribution is 7.12. The molecule has 0 saturated heterocycles. The van der Waals surface area contributed by atoms with Crippen molar-refractivity contribution in [2.24, 2.45) is 0 Å². The van der Waals surface area contributed by atoms with Crippen LogP contribution < -0.4 is 5.32 Å². The lowest BCUT2D eigenvalue weighted by Crippen LogP contribution is -2.12. The van der Waals surface area contributed by atoms with E-state index in [1.54, 1.807) is 6.92 Å². The standard InChI is InChI=1S/C9H7N3O4S/c1-4-2-16-9(10-4)12-6(13)7-11-5(3-17-7)8(14)15/h2-3H,1H3,(H,14,15)(H,10,12,13). The van der Waals surface area contributed by atoms with E-state index in [4.69, 9.17) is 9.52 Å². The van der Waals surface area contributed by atoms with Crippen LogP contribution in [0.1, 0.15) is 26.0 Å². The smallest absolute Gasteiger partial charge is 0.355 e. The molecule has 2 heterocycles. The van der Waals surface area contributed by atoms with Crippen molar-refractivity contribution < 1.29 is 19.1 Å². The number of carbonyl (C=O) groups excluding carboxylic acids is 1. The van der Waals surface area contributed by atoms with E-state index in [0.29, 0.717) is 5.69 Å². The van der Waals surface area contributed by atoms with Crippen molar-refractivity contribution in [2.45, 2.75) is 6.92 Å². The number of aryl methyl sites for hydroxylation is 1. The molecule has 2 rings (SSSR count). The molecule has 88 valence electrons. The molecular formula is C9H7N3O4S. The lowest BCUT2D eigenvalue weighted by molar-refractivity contribution is 0.0691. The average molecular weight is 253 g/mol. The number of nitrogens with zero attached hydrogens (tertiary/aromatic N) is 2. The molecule has 0 unspecified atom stereocenters. The Morgan fingerprint density at radius 3 is 2.76 bits per heavy atom. The second kappa shape index (κ2) is 4.34. The summed E-state index contributed by atoms with van der Waals surface area (Å²) in [5.41, 5.74) is 0.467. The van der Waals surface area contributed by atoms with Crippen LogP contribution in [0.3, 0.4) is 0 Å². The SMILES string of the molecule is Cc1coc(NC(=O)c2nc(C(=O)O)cs2)n1.